The summed E-state index contributed by atoms with van der Waals surface area (Å²) < 4.78 is 33.6. The average molecular weight is 526 g/mol. The second-order valence-electron chi connectivity index (χ2n) is 8.44. The number of carbonyl (C=O) groups excluding carboxylic acids is 1. The van der Waals surface area contributed by atoms with Gasteiger partial charge >= 0.3 is 0 Å². The molecule has 7 heteroatoms. The van der Waals surface area contributed by atoms with E-state index in [0.717, 1.165) is 53.3 Å². The van der Waals surface area contributed by atoms with Gasteiger partial charge in [-0.25, -0.2) is 8.42 Å². The van der Waals surface area contributed by atoms with Crippen molar-refractivity contribution in [1.29, 1.82) is 0 Å². The quantitative estimate of drug-likeness (QED) is 0.184. The molecule has 0 heterocycles. The van der Waals surface area contributed by atoms with Crippen molar-refractivity contribution >= 4 is 39.3 Å². The van der Waals surface area contributed by atoms with E-state index >= 15 is 0 Å². The number of anilines is 1. The van der Waals surface area contributed by atoms with Crippen LogP contribution in [0.3, 0.4) is 0 Å². The first-order valence-corrected chi connectivity index (χ1v) is 14.0. The van der Waals surface area contributed by atoms with Crippen molar-refractivity contribution in [2.45, 2.75) is 50.8 Å². The van der Waals surface area contributed by atoms with Gasteiger partial charge in [-0.1, -0.05) is 62.6 Å². The van der Waals surface area contributed by atoms with Gasteiger partial charge in [0.1, 0.15) is 5.75 Å². The summed E-state index contributed by atoms with van der Waals surface area (Å²) in [5.74, 6) is 0.0802. The molecule has 3 aromatic carbocycles. The lowest BCUT2D eigenvalue weighted by Crippen LogP contribution is -2.35. The number of ether oxygens (including phenoxy) is 1. The fraction of sp³-hybridized carbons (Fsp3) is 0.276. The first-order valence-electron chi connectivity index (χ1n) is 12.2. The molecule has 36 heavy (non-hydrogen) atoms. The van der Waals surface area contributed by atoms with E-state index in [9.17, 15) is 13.2 Å². The van der Waals surface area contributed by atoms with Crippen molar-refractivity contribution in [3.8, 4) is 5.75 Å². The molecule has 0 N–H and O–H groups in total. The predicted molar refractivity (Wildman–Crippen MR) is 147 cm³/mol. The van der Waals surface area contributed by atoms with Crippen molar-refractivity contribution in [3.63, 3.8) is 0 Å². The van der Waals surface area contributed by atoms with Crippen molar-refractivity contribution < 1.29 is 17.9 Å². The van der Waals surface area contributed by atoms with Crippen LogP contribution in [0.4, 0.5) is 5.69 Å². The molecule has 0 fully saturated rings. The van der Waals surface area contributed by atoms with Crippen LogP contribution in [0.5, 0.6) is 5.75 Å². The highest BCUT2D eigenvalue weighted by Gasteiger charge is 2.29. The molecule has 0 aliphatic heterocycles. The second-order valence-corrected chi connectivity index (χ2v) is 10.7. The molecule has 3 rings (SSSR count). The van der Waals surface area contributed by atoms with Crippen LogP contribution in [-0.2, 0) is 21.2 Å². The summed E-state index contributed by atoms with van der Waals surface area (Å²) in [6.07, 6.45) is 7.90. The van der Waals surface area contributed by atoms with Crippen LogP contribution >= 0.6 is 11.6 Å². The fourth-order valence-corrected chi connectivity index (χ4v) is 5.03. The molecule has 0 radical (unpaired) electrons. The maximum absolute atomic E-state index is 13.5. The Kier molecular flexibility index (Phi) is 10.1. The van der Waals surface area contributed by atoms with Crippen molar-refractivity contribution in [3.05, 3.63) is 95.0 Å². The Hall–Kier alpha value is -3.09. The molecular weight excluding hydrogens is 494 g/mol. The number of halogens is 1. The molecule has 0 aliphatic rings. The van der Waals surface area contributed by atoms with Crippen LogP contribution in [0.2, 0.25) is 5.02 Å². The minimum atomic E-state index is -4.17. The Morgan fingerprint density at radius 2 is 1.53 bits per heavy atom. The topological polar surface area (TPSA) is 63.7 Å². The first-order chi connectivity index (χ1) is 17.3. The normalized spacial score (nSPS) is 11.5. The second kappa shape index (κ2) is 13.3. The molecule has 0 saturated heterocycles. The van der Waals surface area contributed by atoms with E-state index in [1.807, 2.05) is 36.4 Å². The van der Waals surface area contributed by atoms with Gasteiger partial charge in [-0.3, -0.25) is 4.79 Å². The Labute approximate surface area is 219 Å². The standard InChI is InChI=1S/C29H32ClNO4S/c1-3-5-7-23-8-15-26(16-9-23)31(36(33,34)28-19-13-25(30)14-20-28)29(32)21-12-24-10-17-27(18-11-24)35-22-6-4-2/h8-21H,3-7,22H2,1-2H3/b21-12+. The highest BCUT2D eigenvalue weighted by molar-refractivity contribution is 7.93. The molecule has 0 saturated carbocycles. The van der Waals surface area contributed by atoms with E-state index in [1.54, 1.807) is 18.2 Å². The highest BCUT2D eigenvalue weighted by Crippen LogP contribution is 2.26. The minimum absolute atomic E-state index is 0.0164. The Bertz CT molecular complexity index is 1250. The molecule has 0 bridgehead atoms. The van der Waals surface area contributed by atoms with Gasteiger partial charge in [0.05, 0.1) is 17.2 Å². The van der Waals surface area contributed by atoms with Crippen LogP contribution in [0.15, 0.2) is 83.8 Å². The van der Waals surface area contributed by atoms with E-state index in [0.29, 0.717) is 11.6 Å². The zero-order valence-corrected chi connectivity index (χ0v) is 22.3. The maximum Gasteiger partial charge on any atom is 0.271 e. The van der Waals surface area contributed by atoms with Gasteiger partial charge in [0.2, 0.25) is 0 Å². The number of rotatable bonds is 12. The Balaban J connectivity index is 1.88. The van der Waals surface area contributed by atoms with Gasteiger partial charge in [0, 0.05) is 11.1 Å². The molecule has 0 aliphatic carbocycles. The summed E-state index contributed by atoms with van der Waals surface area (Å²) in [4.78, 5) is 13.3. The number of carbonyl (C=O) groups is 1. The number of aryl methyl sites for hydroxylation is 1. The zero-order chi connectivity index (χ0) is 26.0. The fourth-order valence-electron chi connectivity index (χ4n) is 3.52. The average Bonchev–Trinajstić information content (AvgIpc) is 2.88. The lowest BCUT2D eigenvalue weighted by molar-refractivity contribution is -0.113. The van der Waals surface area contributed by atoms with Crippen LogP contribution in [0.25, 0.3) is 6.08 Å². The van der Waals surface area contributed by atoms with Crippen LogP contribution in [-0.4, -0.2) is 20.9 Å². The molecule has 3 aromatic rings. The molecule has 0 aromatic heterocycles. The summed E-state index contributed by atoms with van der Waals surface area (Å²) >= 11 is 5.95. The third-order valence-corrected chi connectivity index (χ3v) is 7.60. The number of sulfonamides is 1. The number of hydrogen-bond acceptors (Lipinski definition) is 4. The number of nitrogens with zero attached hydrogens (tertiary/aromatic N) is 1. The van der Waals surface area contributed by atoms with E-state index < -0.39 is 15.9 Å². The predicted octanol–water partition coefficient (Wildman–Crippen LogP) is 7.30. The van der Waals surface area contributed by atoms with Gasteiger partial charge in [0.15, 0.2) is 0 Å². The lowest BCUT2D eigenvalue weighted by atomic mass is 10.1. The first kappa shape index (κ1) is 27.5. The van der Waals surface area contributed by atoms with E-state index in [4.69, 9.17) is 16.3 Å². The number of unbranched alkanes of at least 4 members (excludes halogenated alkanes) is 2. The summed E-state index contributed by atoms with van der Waals surface area (Å²) in [6, 6.07) is 20.2. The number of amides is 1. The van der Waals surface area contributed by atoms with Gasteiger partial charge in [-0.05, 0) is 85.0 Å². The third kappa shape index (κ3) is 7.45. The van der Waals surface area contributed by atoms with Crippen molar-refractivity contribution in [2.75, 3.05) is 10.9 Å². The SMILES string of the molecule is CCCCOc1ccc(/C=C/C(=O)N(c2ccc(CCCC)cc2)S(=O)(=O)c2ccc(Cl)cc2)cc1. The molecular formula is C29H32ClNO4S. The molecule has 0 unspecified atom stereocenters. The largest absolute Gasteiger partial charge is 0.494 e. The zero-order valence-electron chi connectivity index (χ0n) is 20.7. The van der Waals surface area contributed by atoms with E-state index in [1.165, 1.54) is 30.3 Å². The van der Waals surface area contributed by atoms with Crippen LogP contribution in [0.1, 0.15) is 50.7 Å². The monoisotopic (exact) mass is 525 g/mol. The summed E-state index contributed by atoms with van der Waals surface area (Å²) in [7, 11) is -4.17. The molecule has 0 atom stereocenters. The summed E-state index contributed by atoms with van der Waals surface area (Å²) in [6.45, 7) is 4.87. The number of benzene rings is 3. The maximum atomic E-state index is 13.5. The molecule has 190 valence electrons. The molecule has 5 nitrogen and oxygen atoms in total. The molecule has 0 spiro atoms. The lowest BCUT2D eigenvalue weighted by Gasteiger charge is -2.22. The van der Waals surface area contributed by atoms with Gasteiger partial charge in [-0.15, -0.1) is 0 Å². The van der Waals surface area contributed by atoms with Crippen LogP contribution in [0, 0.1) is 0 Å². The van der Waals surface area contributed by atoms with Gasteiger partial charge < -0.3 is 4.74 Å². The van der Waals surface area contributed by atoms with Crippen LogP contribution < -0.4 is 9.04 Å². The third-order valence-electron chi connectivity index (χ3n) is 5.61. The van der Waals surface area contributed by atoms with Crippen molar-refractivity contribution in [1.82, 2.24) is 0 Å². The van der Waals surface area contributed by atoms with E-state index in [-0.39, 0.29) is 10.6 Å². The summed E-state index contributed by atoms with van der Waals surface area (Å²) in [5, 5.41) is 0.411. The smallest absolute Gasteiger partial charge is 0.271 e. The van der Waals surface area contributed by atoms with Gasteiger partial charge in [0.25, 0.3) is 15.9 Å². The summed E-state index contributed by atoms with van der Waals surface area (Å²) in [5.41, 5.74) is 2.12. The Morgan fingerprint density at radius 1 is 0.889 bits per heavy atom. The Morgan fingerprint density at radius 3 is 2.14 bits per heavy atom. The minimum Gasteiger partial charge on any atom is -0.494 e. The van der Waals surface area contributed by atoms with Gasteiger partial charge in [-0.2, -0.15) is 4.31 Å². The number of hydrogen-bond donors (Lipinski definition) is 0. The highest BCUT2D eigenvalue weighted by atomic mass is 35.5. The van der Waals surface area contributed by atoms with E-state index in [2.05, 4.69) is 13.8 Å². The molecule has 1 amide bonds. The van der Waals surface area contributed by atoms with Crippen molar-refractivity contribution in [2.24, 2.45) is 0 Å².